The minimum atomic E-state index is -0.579. The quantitative estimate of drug-likeness (QED) is 0.139. The molecule has 0 unspecified atom stereocenters. The zero-order chi connectivity index (χ0) is 31.2. The highest BCUT2D eigenvalue weighted by atomic mass is 16.5. The van der Waals surface area contributed by atoms with Crippen LogP contribution in [0.1, 0.15) is 31.7 Å². The molecule has 0 bridgehead atoms. The predicted molar refractivity (Wildman–Crippen MR) is 170 cm³/mol. The number of nitrogens with zero attached hydrogens (tertiary/aromatic N) is 6. The Hall–Kier alpha value is -4.47. The summed E-state index contributed by atoms with van der Waals surface area (Å²) in [6.07, 6.45) is 8.86. The highest BCUT2D eigenvalue weighted by Crippen LogP contribution is 2.22. The van der Waals surface area contributed by atoms with Crippen molar-refractivity contribution >= 4 is 40.2 Å². The number of fused-ring (bicyclic) bond motifs is 1. The third kappa shape index (κ3) is 10.4. The standard InChI is InChI=1S/C31H43N9O3/c1-23(39(4)28(41)13-10-18-38(2)3)30(42)33-16-9-7-8-12-25-21-34-31(37-29(25)32-17-11-19-43-6)36-26-15-14-24-22-35-40(5)27(24)20-26/h10,13-15,20-23H,7,9,11,16-19H2,1-6H3,(H,33,42)(H2,32,34,36,37)/t23-/m0/s1. The Labute approximate surface area is 253 Å². The number of hydrogen-bond donors (Lipinski definition) is 3. The molecule has 0 radical (unpaired) electrons. The van der Waals surface area contributed by atoms with Crippen molar-refractivity contribution in [2.24, 2.45) is 7.05 Å². The third-order valence-corrected chi connectivity index (χ3v) is 6.65. The van der Waals surface area contributed by atoms with Crippen LogP contribution in [0.2, 0.25) is 0 Å². The molecule has 0 aliphatic rings. The minimum absolute atomic E-state index is 0.202. The number of unbranched alkanes of at least 4 members (excludes halogenated alkanes) is 1. The fourth-order valence-corrected chi connectivity index (χ4v) is 3.98. The Bertz CT molecular complexity index is 1460. The summed E-state index contributed by atoms with van der Waals surface area (Å²) in [4.78, 5) is 37.4. The number of anilines is 3. The van der Waals surface area contributed by atoms with E-state index in [0.29, 0.717) is 56.4 Å². The number of aromatic nitrogens is 4. The largest absolute Gasteiger partial charge is 0.385 e. The number of benzene rings is 1. The van der Waals surface area contributed by atoms with Crippen LogP contribution in [-0.4, -0.2) is 102 Å². The summed E-state index contributed by atoms with van der Waals surface area (Å²) in [5, 5.41) is 14.8. The summed E-state index contributed by atoms with van der Waals surface area (Å²) in [5.74, 6) is 7.00. The Kier molecular flexibility index (Phi) is 12.9. The summed E-state index contributed by atoms with van der Waals surface area (Å²) >= 11 is 0. The van der Waals surface area contributed by atoms with Crippen LogP contribution in [0.4, 0.5) is 17.5 Å². The Balaban J connectivity index is 1.55. The van der Waals surface area contributed by atoms with Crippen LogP contribution in [-0.2, 0) is 21.4 Å². The topological polar surface area (TPSA) is 130 Å². The molecule has 3 N–H and O–H groups in total. The fourth-order valence-electron chi connectivity index (χ4n) is 3.98. The lowest BCUT2D eigenvalue weighted by atomic mass is 10.2. The molecule has 0 spiro atoms. The van der Waals surface area contributed by atoms with Crippen LogP contribution < -0.4 is 16.0 Å². The van der Waals surface area contributed by atoms with Crippen molar-refractivity contribution < 1.29 is 14.3 Å². The monoisotopic (exact) mass is 589 g/mol. The molecule has 12 nitrogen and oxygen atoms in total. The van der Waals surface area contributed by atoms with Gasteiger partial charge in [-0.25, -0.2) is 4.98 Å². The second-order valence-corrected chi connectivity index (χ2v) is 10.4. The van der Waals surface area contributed by atoms with Gasteiger partial charge in [-0.2, -0.15) is 10.1 Å². The fraction of sp³-hybridized carbons (Fsp3) is 0.452. The van der Waals surface area contributed by atoms with Gasteiger partial charge in [-0.05, 0) is 52.1 Å². The molecule has 2 amide bonds. The molecule has 3 rings (SSSR count). The normalized spacial score (nSPS) is 11.8. The van der Waals surface area contributed by atoms with E-state index < -0.39 is 6.04 Å². The average molecular weight is 590 g/mol. The Morgan fingerprint density at radius 1 is 1.16 bits per heavy atom. The van der Waals surface area contributed by atoms with Crippen molar-refractivity contribution in [3.63, 3.8) is 0 Å². The number of nitrogens with one attached hydrogen (secondary N) is 3. The lowest BCUT2D eigenvalue weighted by molar-refractivity contribution is -0.135. The van der Waals surface area contributed by atoms with Gasteiger partial charge >= 0.3 is 0 Å². The summed E-state index contributed by atoms with van der Waals surface area (Å²) in [7, 11) is 9.05. The van der Waals surface area contributed by atoms with Crippen LogP contribution in [0.3, 0.4) is 0 Å². The van der Waals surface area contributed by atoms with E-state index >= 15 is 0 Å². The highest BCUT2D eigenvalue weighted by Gasteiger charge is 2.20. The molecule has 12 heteroatoms. The van der Waals surface area contributed by atoms with Crippen molar-refractivity contribution in [1.82, 2.24) is 34.9 Å². The maximum absolute atomic E-state index is 12.5. The molecule has 230 valence electrons. The van der Waals surface area contributed by atoms with Gasteiger partial charge in [0.15, 0.2) is 0 Å². The number of hydrogen-bond acceptors (Lipinski definition) is 9. The molecule has 3 aromatic rings. The second kappa shape index (κ2) is 16.8. The van der Waals surface area contributed by atoms with Crippen molar-refractivity contribution in [3.05, 3.63) is 48.3 Å². The van der Waals surface area contributed by atoms with Gasteiger partial charge in [-0.3, -0.25) is 14.3 Å². The summed E-state index contributed by atoms with van der Waals surface area (Å²) < 4.78 is 6.98. The van der Waals surface area contributed by atoms with Crippen molar-refractivity contribution in [2.45, 2.75) is 32.2 Å². The van der Waals surface area contributed by atoms with Gasteiger partial charge in [0.05, 0.1) is 23.5 Å². The molecule has 0 aliphatic heterocycles. The number of ether oxygens (including phenoxy) is 1. The van der Waals surface area contributed by atoms with E-state index in [1.165, 1.54) is 11.0 Å². The van der Waals surface area contributed by atoms with Crippen LogP contribution in [0.25, 0.3) is 10.9 Å². The smallest absolute Gasteiger partial charge is 0.246 e. The van der Waals surface area contributed by atoms with Crippen molar-refractivity contribution in [2.75, 3.05) is 65.1 Å². The Morgan fingerprint density at radius 3 is 2.74 bits per heavy atom. The summed E-state index contributed by atoms with van der Waals surface area (Å²) in [6.45, 7) is 4.13. The number of carbonyl (C=O) groups excluding carboxylic acids is 2. The first-order chi connectivity index (χ1) is 20.7. The van der Waals surface area contributed by atoms with Crippen LogP contribution in [0.15, 0.2) is 42.7 Å². The third-order valence-electron chi connectivity index (χ3n) is 6.65. The SMILES string of the molecule is COCCCNc1nc(Nc2ccc3cnn(C)c3c2)ncc1C#CCCCNC(=O)[C@H](C)N(C)C(=O)C=CCN(C)C. The second-order valence-electron chi connectivity index (χ2n) is 10.4. The molecule has 1 atom stereocenters. The van der Waals surface area contributed by atoms with Gasteiger partial charge in [0, 0.05) is 71.0 Å². The van der Waals surface area contributed by atoms with Gasteiger partial charge in [0.25, 0.3) is 0 Å². The van der Waals surface area contributed by atoms with E-state index in [4.69, 9.17) is 4.74 Å². The number of methoxy groups -OCH3 is 1. The van der Waals surface area contributed by atoms with E-state index in [0.717, 1.165) is 23.0 Å². The van der Waals surface area contributed by atoms with Crippen LogP contribution in [0, 0.1) is 11.8 Å². The van der Waals surface area contributed by atoms with E-state index in [9.17, 15) is 9.59 Å². The number of likely N-dealkylation sites (N-methyl/N-ethyl adjacent to an activating group) is 2. The molecule has 2 aromatic heterocycles. The summed E-state index contributed by atoms with van der Waals surface area (Å²) in [5.41, 5.74) is 2.54. The molecule has 0 saturated heterocycles. The van der Waals surface area contributed by atoms with Crippen LogP contribution >= 0.6 is 0 Å². The molecule has 0 saturated carbocycles. The zero-order valence-electron chi connectivity index (χ0n) is 26.0. The van der Waals surface area contributed by atoms with Crippen LogP contribution in [0.5, 0.6) is 0 Å². The first-order valence-corrected chi connectivity index (χ1v) is 14.3. The molecule has 0 aliphatic carbocycles. The molecule has 1 aromatic carbocycles. The average Bonchev–Trinajstić information content (AvgIpc) is 3.36. The number of aryl methyl sites for hydroxylation is 1. The number of rotatable bonds is 15. The van der Waals surface area contributed by atoms with E-state index in [1.807, 2.05) is 55.1 Å². The molecular weight excluding hydrogens is 546 g/mol. The van der Waals surface area contributed by atoms with Gasteiger partial charge in [0.1, 0.15) is 11.9 Å². The predicted octanol–water partition coefficient (Wildman–Crippen LogP) is 2.77. The van der Waals surface area contributed by atoms with Gasteiger partial charge < -0.3 is 30.5 Å². The molecule has 2 heterocycles. The highest BCUT2D eigenvalue weighted by molar-refractivity contribution is 5.92. The maximum Gasteiger partial charge on any atom is 0.246 e. The van der Waals surface area contributed by atoms with Crippen molar-refractivity contribution in [1.29, 1.82) is 0 Å². The first kappa shape index (κ1) is 33.0. The first-order valence-electron chi connectivity index (χ1n) is 14.3. The minimum Gasteiger partial charge on any atom is -0.385 e. The number of amides is 2. The van der Waals surface area contributed by atoms with Crippen molar-refractivity contribution in [3.8, 4) is 11.8 Å². The van der Waals surface area contributed by atoms with Gasteiger partial charge in [-0.15, -0.1) is 0 Å². The molecule has 0 fully saturated rings. The van der Waals surface area contributed by atoms with E-state index in [1.54, 1.807) is 33.4 Å². The van der Waals surface area contributed by atoms with E-state index in [-0.39, 0.29) is 11.8 Å². The lowest BCUT2D eigenvalue weighted by Crippen LogP contribution is -2.45. The van der Waals surface area contributed by atoms with Gasteiger partial charge in [-0.1, -0.05) is 17.9 Å². The molecular formula is C31H43N9O3. The van der Waals surface area contributed by atoms with Gasteiger partial charge in [0.2, 0.25) is 17.8 Å². The number of carbonyl (C=O) groups is 2. The molecule has 43 heavy (non-hydrogen) atoms. The zero-order valence-corrected chi connectivity index (χ0v) is 26.0. The van der Waals surface area contributed by atoms with E-state index in [2.05, 4.69) is 42.9 Å². The summed E-state index contributed by atoms with van der Waals surface area (Å²) in [6, 6.07) is 5.39. The Morgan fingerprint density at radius 2 is 1.98 bits per heavy atom. The lowest BCUT2D eigenvalue weighted by Gasteiger charge is -2.23. The maximum atomic E-state index is 12.5.